The van der Waals surface area contributed by atoms with Crippen LogP contribution in [0.15, 0.2) is 42.7 Å². The number of benzene rings is 1. The van der Waals surface area contributed by atoms with E-state index >= 15 is 0 Å². The van der Waals surface area contributed by atoms with E-state index in [9.17, 15) is 0 Å². The highest BCUT2D eigenvalue weighted by Crippen LogP contribution is 2.24. The zero-order valence-corrected chi connectivity index (χ0v) is 15.5. The standard InChI is InChI=1S/C20H22N8/c21-18-9-16(19-20(24-18)26-27-25-19)8-14-10-23-28(12-14)11-13-3-1-4-15(7-13)17-5-2-6-22-17/h1,3-4,7,9-10,12,17,22H,2,5-6,8,11H2,(H3,21,24,25,26,27). The van der Waals surface area contributed by atoms with Crippen molar-refractivity contribution in [2.75, 3.05) is 12.3 Å². The Labute approximate surface area is 162 Å². The predicted octanol–water partition coefficient (Wildman–Crippen LogP) is 2.20. The SMILES string of the molecule is Nc1cc(Cc2cnn(Cc3cccc(C4CCCN4)c3)c2)c2n[nH]nc2n1. The van der Waals surface area contributed by atoms with Gasteiger partial charge in [0.15, 0.2) is 0 Å². The molecule has 0 saturated carbocycles. The number of pyridine rings is 1. The van der Waals surface area contributed by atoms with E-state index in [4.69, 9.17) is 5.73 Å². The second-order valence-corrected chi connectivity index (χ2v) is 7.32. The maximum absolute atomic E-state index is 5.89. The van der Waals surface area contributed by atoms with Gasteiger partial charge in [-0.2, -0.15) is 15.4 Å². The van der Waals surface area contributed by atoms with Crippen LogP contribution in [0.3, 0.4) is 0 Å². The molecule has 5 rings (SSSR count). The predicted molar refractivity (Wildman–Crippen MR) is 107 cm³/mol. The summed E-state index contributed by atoms with van der Waals surface area (Å²) < 4.78 is 1.97. The van der Waals surface area contributed by atoms with E-state index < -0.39 is 0 Å². The molecule has 4 heterocycles. The van der Waals surface area contributed by atoms with Crippen LogP contribution in [0.4, 0.5) is 5.82 Å². The lowest BCUT2D eigenvalue weighted by molar-refractivity contribution is 0.642. The fourth-order valence-electron chi connectivity index (χ4n) is 3.92. The van der Waals surface area contributed by atoms with E-state index in [-0.39, 0.29) is 0 Å². The molecule has 1 aromatic carbocycles. The molecular formula is C20H22N8. The number of hydrogen-bond acceptors (Lipinski definition) is 6. The maximum Gasteiger partial charge on any atom is 0.203 e. The van der Waals surface area contributed by atoms with Gasteiger partial charge < -0.3 is 11.1 Å². The normalized spacial score (nSPS) is 16.8. The van der Waals surface area contributed by atoms with Crippen molar-refractivity contribution in [3.63, 3.8) is 0 Å². The van der Waals surface area contributed by atoms with Crippen LogP contribution in [0.25, 0.3) is 11.2 Å². The Morgan fingerprint density at radius 1 is 1.18 bits per heavy atom. The molecule has 8 heteroatoms. The third-order valence-electron chi connectivity index (χ3n) is 5.23. The number of rotatable bonds is 5. The lowest BCUT2D eigenvalue weighted by Crippen LogP contribution is -2.13. The van der Waals surface area contributed by atoms with E-state index in [0.717, 1.165) is 29.7 Å². The van der Waals surface area contributed by atoms with Crippen molar-refractivity contribution in [1.29, 1.82) is 0 Å². The zero-order chi connectivity index (χ0) is 18.9. The number of aromatic amines is 1. The van der Waals surface area contributed by atoms with Crippen LogP contribution in [-0.2, 0) is 13.0 Å². The molecule has 0 bridgehead atoms. The van der Waals surface area contributed by atoms with Gasteiger partial charge in [0, 0.05) is 18.7 Å². The molecule has 0 amide bonds. The van der Waals surface area contributed by atoms with Gasteiger partial charge in [-0.15, -0.1) is 5.10 Å². The summed E-state index contributed by atoms with van der Waals surface area (Å²) in [6, 6.07) is 11.1. The molecule has 0 aliphatic carbocycles. The number of nitrogens with one attached hydrogen (secondary N) is 2. The van der Waals surface area contributed by atoms with E-state index in [0.29, 0.717) is 23.9 Å². The molecule has 0 radical (unpaired) electrons. The number of nitrogens with zero attached hydrogens (tertiary/aromatic N) is 5. The first-order chi connectivity index (χ1) is 13.7. The summed E-state index contributed by atoms with van der Waals surface area (Å²) in [6.07, 6.45) is 7.10. The minimum atomic E-state index is 0.445. The Morgan fingerprint density at radius 3 is 3.04 bits per heavy atom. The van der Waals surface area contributed by atoms with Gasteiger partial charge in [-0.3, -0.25) is 4.68 Å². The van der Waals surface area contributed by atoms with Crippen LogP contribution in [0.2, 0.25) is 0 Å². The van der Waals surface area contributed by atoms with Gasteiger partial charge in [-0.25, -0.2) is 4.98 Å². The summed E-state index contributed by atoms with van der Waals surface area (Å²) in [5.41, 5.74) is 11.9. The Morgan fingerprint density at radius 2 is 2.14 bits per heavy atom. The van der Waals surface area contributed by atoms with Gasteiger partial charge in [0.25, 0.3) is 0 Å². The average Bonchev–Trinajstić information content (AvgIpc) is 3.43. The van der Waals surface area contributed by atoms with Crippen molar-refractivity contribution in [3.8, 4) is 0 Å². The number of aromatic nitrogens is 6. The van der Waals surface area contributed by atoms with Gasteiger partial charge >= 0.3 is 0 Å². The third kappa shape index (κ3) is 3.34. The molecule has 4 aromatic rings. The molecule has 8 nitrogen and oxygen atoms in total. The fourth-order valence-corrected chi connectivity index (χ4v) is 3.92. The van der Waals surface area contributed by atoms with Crippen molar-refractivity contribution < 1.29 is 0 Å². The number of nitrogen functional groups attached to an aromatic ring is 1. The number of anilines is 1. The number of nitrogens with two attached hydrogens (primary N) is 1. The van der Waals surface area contributed by atoms with E-state index in [1.54, 1.807) is 0 Å². The van der Waals surface area contributed by atoms with Gasteiger partial charge in [-0.1, -0.05) is 24.3 Å². The van der Waals surface area contributed by atoms with Crippen LogP contribution in [0, 0.1) is 0 Å². The number of fused-ring (bicyclic) bond motifs is 1. The van der Waals surface area contributed by atoms with Gasteiger partial charge in [-0.05, 0) is 47.7 Å². The molecule has 4 N–H and O–H groups in total. The van der Waals surface area contributed by atoms with Gasteiger partial charge in [0.2, 0.25) is 5.65 Å². The van der Waals surface area contributed by atoms with Gasteiger partial charge in [0.1, 0.15) is 11.3 Å². The summed E-state index contributed by atoms with van der Waals surface area (Å²) in [5.74, 6) is 0.445. The molecule has 1 aliphatic heterocycles. The number of hydrogen-bond donors (Lipinski definition) is 3. The topological polar surface area (TPSA) is 110 Å². The van der Waals surface area contributed by atoms with Gasteiger partial charge in [0.05, 0.1) is 12.7 Å². The Kier molecular flexibility index (Phi) is 4.25. The van der Waals surface area contributed by atoms with E-state index in [2.05, 4.69) is 61.3 Å². The molecular weight excluding hydrogens is 352 g/mol. The van der Waals surface area contributed by atoms with Crippen molar-refractivity contribution in [1.82, 2.24) is 35.5 Å². The summed E-state index contributed by atoms with van der Waals surface area (Å²) in [7, 11) is 0. The smallest absolute Gasteiger partial charge is 0.203 e. The van der Waals surface area contributed by atoms with Crippen LogP contribution in [0.5, 0.6) is 0 Å². The minimum absolute atomic E-state index is 0.445. The molecule has 0 spiro atoms. The van der Waals surface area contributed by atoms with Crippen molar-refractivity contribution >= 4 is 17.0 Å². The second-order valence-electron chi connectivity index (χ2n) is 7.32. The van der Waals surface area contributed by atoms with Crippen molar-refractivity contribution in [2.24, 2.45) is 0 Å². The first kappa shape index (κ1) is 16.9. The van der Waals surface area contributed by atoms with E-state index in [1.807, 2.05) is 16.9 Å². The molecule has 142 valence electrons. The lowest BCUT2D eigenvalue weighted by Gasteiger charge is -2.12. The molecule has 1 aliphatic rings. The lowest BCUT2D eigenvalue weighted by atomic mass is 10.0. The quantitative estimate of drug-likeness (QED) is 0.494. The zero-order valence-electron chi connectivity index (χ0n) is 15.5. The molecule has 28 heavy (non-hydrogen) atoms. The van der Waals surface area contributed by atoms with Crippen molar-refractivity contribution in [3.05, 3.63) is 65.0 Å². The highest BCUT2D eigenvalue weighted by molar-refractivity contribution is 5.76. The van der Waals surface area contributed by atoms with E-state index in [1.165, 1.54) is 24.0 Å². The second kappa shape index (κ2) is 7.05. The summed E-state index contributed by atoms with van der Waals surface area (Å²) in [4.78, 5) is 4.19. The summed E-state index contributed by atoms with van der Waals surface area (Å²) >= 11 is 0. The summed E-state index contributed by atoms with van der Waals surface area (Å²) in [5, 5.41) is 18.9. The average molecular weight is 374 g/mol. The van der Waals surface area contributed by atoms with Crippen molar-refractivity contribution in [2.45, 2.75) is 31.8 Å². The Hall–Kier alpha value is -3.26. The minimum Gasteiger partial charge on any atom is -0.384 e. The third-order valence-corrected chi connectivity index (χ3v) is 5.23. The monoisotopic (exact) mass is 374 g/mol. The van der Waals surface area contributed by atoms with Crippen LogP contribution >= 0.6 is 0 Å². The highest BCUT2D eigenvalue weighted by atomic mass is 15.3. The first-order valence-corrected chi connectivity index (χ1v) is 9.54. The van der Waals surface area contributed by atoms with Crippen LogP contribution in [-0.4, -0.2) is 36.7 Å². The maximum atomic E-state index is 5.89. The Bertz CT molecular complexity index is 1110. The molecule has 1 fully saturated rings. The first-order valence-electron chi connectivity index (χ1n) is 9.54. The largest absolute Gasteiger partial charge is 0.384 e. The van der Waals surface area contributed by atoms with Crippen LogP contribution < -0.4 is 11.1 Å². The number of H-pyrrole nitrogens is 1. The summed E-state index contributed by atoms with van der Waals surface area (Å²) in [6.45, 7) is 1.86. The van der Waals surface area contributed by atoms with Crippen LogP contribution in [0.1, 0.15) is 41.1 Å². The molecule has 1 saturated heterocycles. The fraction of sp³-hybridized carbons (Fsp3) is 0.300. The molecule has 3 aromatic heterocycles. The molecule has 1 atom stereocenters. The highest BCUT2D eigenvalue weighted by Gasteiger charge is 2.16. The Balaban J connectivity index is 1.34. The molecule has 1 unspecified atom stereocenters.